The van der Waals surface area contributed by atoms with Crippen molar-refractivity contribution in [2.75, 3.05) is 13.1 Å². The molecule has 1 saturated heterocycles. The Hall–Kier alpha value is -2.60. The van der Waals surface area contributed by atoms with Crippen LogP contribution in [0, 0.1) is 0 Å². The number of carbonyl (C=O) groups is 1. The molecule has 2 heterocycles. The van der Waals surface area contributed by atoms with E-state index in [9.17, 15) is 9.90 Å². The van der Waals surface area contributed by atoms with Gasteiger partial charge in [-0.05, 0) is 59.2 Å². The molecule has 0 radical (unpaired) electrons. The van der Waals surface area contributed by atoms with Crippen molar-refractivity contribution in [3.8, 4) is 5.75 Å². The predicted molar refractivity (Wildman–Crippen MR) is 137 cm³/mol. The molecule has 0 aliphatic carbocycles. The highest BCUT2D eigenvalue weighted by Gasteiger charge is 2.25. The molecule has 1 unspecified atom stereocenters. The van der Waals surface area contributed by atoms with Gasteiger partial charge in [0.15, 0.2) is 0 Å². The molecule has 0 bridgehead atoms. The number of nitrogens with zero attached hydrogens (tertiary/aromatic N) is 2. The fourth-order valence-electron chi connectivity index (χ4n) is 4.40. The monoisotopic (exact) mass is 487 g/mol. The molecule has 3 aromatic rings. The van der Waals surface area contributed by atoms with E-state index in [0.29, 0.717) is 31.1 Å². The lowest BCUT2D eigenvalue weighted by Crippen LogP contribution is -2.38. The van der Waals surface area contributed by atoms with Crippen LogP contribution in [0.1, 0.15) is 64.2 Å². The molecule has 1 aliphatic rings. The van der Waals surface area contributed by atoms with Crippen molar-refractivity contribution < 1.29 is 9.90 Å². The number of carbonyl (C=O) groups excluding carboxylic acids is 1. The molecular weight excluding hydrogens is 457 g/mol. The van der Waals surface area contributed by atoms with Crippen LogP contribution in [0.25, 0.3) is 0 Å². The zero-order chi connectivity index (χ0) is 21.8. The summed E-state index contributed by atoms with van der Waals surface area (Å²) in [6.07, 6.45) is 5.25. The molecule has 7 heteroatoms. The lowest BCUT2D eigenvalue weighted by Gasteiger charge is -2.32. The van der Waals surface area contributed by atoms with E-state index in [0.717, 1.165) is 29.5 Å². The molecule has 176 valence electrons. The molecule has 0 saturated carbocycles. The van der Waals surface area contributed by atoms with Crippen LogP contribution in [-0.2, 0) is 6.54 Å². The lowest BCUT2D eigenvalue weighted by atomic mass is 9.88. The van der Waals surface area contributed by atoms with E-state index in [2.05, 4.69) is 30.1 Å². The summed E-state index contributed by atoms with van der Waals surface area (Å²) in [5.74, 6) is 0.789. The quantitative estimate of drug-likeness (QED) is 0.514. The third-order valence-corrected chi connectivity index (χ3v) is 6.30. The molecule has 1 aliphatic heterocycles. The summed E-state index contributed by atoms with van der Waals surface area (Å²) >= 11 is 0. The van der Waals surface area contributed by atoms with Gasteiger partial charge in [-0.1, -0.05) is 43.3 Å². The number of piperidine rings is 1. The number of aromatic nitrogens is 1. The number of phenols is 1. The van der Waals surface area contributed by atoms with Gasteiger partial charge in [0.25, 0.3) is 5.91 Å². The van der Waals surface area contributed by atoms with Gasteiger partial charge in [-0.15, -0.1) is 24.8 Å². The number of benzene rings is 2. The number of likely N-dealkylation sites (tertiary alicyclic amines) is 1. The van der Waals surface area contributed by atoms with Crippen LogP contribution in [0.3, 0.4) is 0 Å². The van der Waals surface area contributed by atoms with Crippen LogP contribution in [0.4, 0.5) is 0 Å². The fourth-order valence-corrected chi connectivity index (χ4v) is 4.40. The van der Waals surface area contributed by atoms with Crippen LogP contribution in [0.15, 0.2) is 67.0 Å². The normalized spacial score (nSPS) is 14.7. The second kappa shape index (κ2) is 12.0. The Morgan fingerprint density at radius 3 is 2.42 bits per heavy atom. The molecule has 33 heavy (non-hydrogen) atoms. The summed E-state index contributed by atoms with van der Waals surface area (Å²) in [6.45, 7) is 3.92. The molecule has 1 atom stereocenters. The standard InChI is InChI=1S/C26H29N3O2.2ClH/c1-18(20-5-3-2-4-6-20)23-13-24(17-28-16-23)26(31)29-9-7-21(8-10-29)22-11-19(15-27)12-25(30)14-22;;/h2-6,11-14,16-18,21,30H,7-10,15,27H2,1H3;2*1H. The van der Waals surface area contributed by atoms with Gasteiger partial charge in [-0.2, -0.15) is 0 Å². The average Bonchev–Trinajstić information content (AvgIpc) is 2.83. The van der Waals surface area contributed by atoms with Crippen LogP contribution < -0.4 is 5.73 Å². The Bertz CT molecular complexity index is 1050. The van der Waals surface area contributed by atoms with Gasteiger partial charge in [-0.25, -0.2) is 0 Å². The van der Waals surface area contributed by atoms with Crippen molar-refractivity contribution in [1.29, 1.82) is 0 Å². The van der Waals surface area contributed by atoms with Gasteiger partial charge in [0.2, 0.25) is 0 Å². The van der Waals surface area contributed by atoms with E-state index >= 15 is 0 Å². The Labute approximate surface area is 207 Å². The number of hydrogen-bond acceptors (Lipinski definition) is 4. The number of rotatable bonds is 5. The highest BCUT2D eigenvalue weighted by atomic mass is 35.5. The summed E-state index contributed by atoms with van der Waals surface area (Å²) in [4.78, 5) is 19.4. The topological polar surface area (TPSA) is 79.5 Å². The lowest BCUT2D eigenvalue weighted by molar-refractivity contribution is 0.0712. The minimum Gasteiger partial charge on any atom is -0.508 e. The van der Waals surface area contributed by atoms with Crippen LogP contribution in [-0.4, -0.2) is 34.0 Å². The van der Waals surface area contributed by atoms with Crippen molar-refractivity contribution in [1.82, 2.24) is 9.88 Å². The number of phenolic OH excluding ortho intramolecular Hbond substituents is 1. The number of pyridine rings is 1. The Morgan fingerprint density at radius 1 is 1.06 bits per heavy atom. The maximum Gasteiger partial charge on any atom is 0.255 e. The highest BCUT2D eigenvalue weighted by molar-refractivity contribution is 5.94. The van der Waals surface area contributed by atoms with Crippen molar-refractivity contribution in [2.45, 2.75) is 38.1 Å². The first-order chi connectivity index (χ1) is 15.0. The third-order valence-electron chi connectivity index (χ3n) is 6.30. The van der Waals surface area contributed by atoms with Crippen molar-refractivity contribution in [3.05, 3.63) is 94.8 Å². The van der Waals surface area contributed by atoms with Crippen molar-refractivity contribution >= 4 is 30.7 Å². The molecule has 5 nitrogen and oxygen atoms in total. The maximum atomic E-state index is 13.1. The zero-order valence-electron chi connectivity index (χ0n) is 18.7. The summed E-state index contributed by atoms with van der Waals surface area (Å²) in [7, 11) is 0. The van der Waals surface area contributed by atoms with Gasteiger partial charge in [0.1, 0.15) is 5.75 Å². The molecular formula is C26H31Cl2N3O2. The maximum absolute atomic E-state index is 13.1. The molecule has 3 N–H and O–H groups in total. The second-order valence-electron chi connectivity index (χ2n) is 8.34. The smallest absolute Gasteiger partial charge is 0.255 e. The molecule has 4 rings (SSSR count). The van der Waals surface area contributed by atoms with E-state index in [1.807, 2.05) is 41.4 Å². The van der Waals surface area contributed by atoms with Gasteiger partial charge in [0.05, 0.1) is 5.56 Å². The van der Waals surface area contributed by atoms with Gasteiger partial charge < -0.3 is 15.7 Å². The van der Waals surface area contributed by atoms with E-state index in [-0.39, 0.29) is 42.4 Å². The minimum atomic E-state index is 0. The number of nitrogens with two attached hydrogens (primary N) is 1. The Balaban J connectivity index is 0.00000193. The Morgan fingerprint density at radius 2 is 1.76 bits per heavy atom. The summed E-state index contributed by atoms with van der Waals surface area (Å²) in [6, 6.07) is 17.8. The van der Waals surface area contributed by atoms with Crippen LogP contribution >= 0.6 is 24.8 Å². The highest BCUT2D eigenvalue weighted by Crippen LogP contribution is 2.32. The first-order valence-corrected chi connectivity index (χ1v) is 10.9. The van der Waals surface area contributed by atoms with Gasteiger partial charge in [0, 0.05) is 37.9 Å². The van der Waals surface area contributed by atoms with Crippen LogP contribution in [0.2, 0.25) is 0 Å². The van der Waals surface area contributed by atoms with E-state index in [1.54, 1.807) is 12.3 Å². The molecule has 2 aromatic carbocycles. The number of halogens is 2. The number of hydrogen-bond donors (Lipinski definition) is 2. The molecule has 1 fully saturated rings. The second-order valence-corrected chi connectivity index (χ2v) is 8.34. The van der Waals surface area contributed by atoms with Crippen molar-refractivity contribution in [2.24, 2.45) is 5.73 Å². The first-order valence-electron chi connectivity index (χ1n) is 10.9. The van der Waals surface area contributed by atoms with E-state index < -0.39 is 0 Å². The third kappa shape index (κ3) is 6.26. The van der Waals surface area contributed by atoms with Crippen LogP contribution in [0.5, 0.6) is 5.75 Å². The average molecular weight is 488 g/mol. The molecule has 1 amide bonds. The summed E-state index contributed by atoms with van der Waals surface area (Å²) < 4.78 is 0. The SMILES string of the molecule is CC(c1ccccc1)c1cncc(C(=O)N2CCC(c3cc(O)cc(CN)c3)CC2)c1.Cl.Cl. The largest absolute Gasteiger partial charge is 0.508 e. The van der Waals surface area contributed by atoms with Gasteiger partial charge >= 0.3 is 0 Å². The molecule has 1 aromatic heterocycles. The van der Waals surface area contributed by atoms with Crippen molar-refractivity contribution in [3.63, 3.8) is 0 Å². The minimum absolute atomic E-state index is 0. The number of amides is 1. The summed E-state index contributed by atoms with van der Waals surface area (Å²) in [5, 5.41) is 9.97. The Kier molecular flexibility index (Phi) is 9.71. The zero-order valence-corrected chi connectivity index (χ0v) is 20.3. The predicted octanol–water partition coefficient (Wildman–Crippen LogP) is 5.26. The summed E-state index contributed by atoms with van der Waals surface area (Å²) in [5.41, 5.74) is 10.7. The van der Waals surface area contributed by atoms with E-state index in [4.69, 9.17) is 5.73 Å². The number of aromatic hydroxyl groups is 1. The van der Waals surface area contributed by atoms with Gasteiger partial charge in [-0.3, -0.25) is 9.78 Å². The molecule has 0 spiro atoms. The van der Waals surface area contributed by atoms with E-state index in [1.165, 1.54) is 5.56 Å². The first kappa shape index (κ1) is 26.7. The fraction of sp³-hybridized carbons (Fsp3) is 0.308.